The number of carbonyl (C=O) groups excluding carboxylic acids is 1. The van der Waals surface area contributed by atoms with E-state index in [1.807, 2.05) is 4.68 Å². The fraction of sp³-hybridized carbons (Fsp3) is 0.667. The Bertz CT molecular complexity index is 454. The highest BCUT2D eigenvalue weighted by atomic mass is 32.2. The minimum atomic E-state index is -0.352. The van der Waals surface area contributed by atoms with Crippen molar-refractivity contribution in [2.75, 3.05) is 12.4 Å². The van der Waals surface area contributed by atoms with E-state index in [0.717, 1.165) is 18.0 Å². The normalized spacial score (nSPS) is 15.6. The van der Waals surface area contributed by atoms with Gasteiger partial charge in [0.25, 0.3) is 0 Å². The van der Waals surface area contributed by atoms with Gasteiger partial charge >= 0.3 is 5.97 Å². The summed E-state index contributed by atoms with van der Waals surface area (Å²) in [4.78, 5) is 11.5. The van der Waals surface area contributed by atoms with E-state index in [9.17, 15) is 4.79 Å². The first-order valence-electron chi connectivity index (χ1n) is 6.48. The average Bonchev–Trinajstić information content (AvgIpc) is 3.06. The van der Waals surface area contributed by atoms with E-state index in [1.165, 1.54) is 24.6 Å². The number of rotatable bonds is 6. The van der Waals surface area contributed by atoms with Gasteiger partial charge in [0.05, 0.1) is 12.6 Å². The zero-order valence-electron chi connectivity index (χ0n) is 11.0. The largest absolute Gasteiger partial charge is 0.463 e. The van der Waals surface area contributed by atoms with Crippen molar-refractivity contribution in [2.24, 2.45) is 0 Å². The summed E-state index contributed by atoms with van der Waals surface area (Å²) < 4.78 is 6.76. The quantitative estimate of drug-likeness (QED) is 0.451. The molecule has 1 saturated carbocycles. The molecule has 1 fully saturated rings. The van der Waals surface area contributed by atoms with E-state index in [0.29, 0.717) is 24.0 Å². The number of thioether (sulfide) groups is 1. The van der Waals surface area contributed by atoms with Crippen LogP contribution in [0.1, 0.15) is 38.6 Å². The molecule has 1 aromatic heterocycles. The Balaban J connectivity index is 1.91. The van der Waals surface area contributed by atoms with Gasteiger partial charge < -0.3 is 4.74 Å². The summed E-state index contributed by atoms with van der Waals surface area (Å²) in [5.41, 5.74) is 0.438. The molecule has 1 heterocycles. The monoisotopic (exact) mass is 282 g/mol. The number of hydrogen-bond donors (Lipinski definition) is 0. The second-order valence-corrected chi connectivity index (χ2v) is 5.40. The van der Waals surface area contributed by atoms with E-state index < -0.39 is 0 Å². The summed E-state index contributed by atoms with van der Waals surface area (Å²) in [5.74, 6) is 0.0984. The molecule has 0 unspecified atom stereocenters. The average molecular weight is 282 g/mol. The van der Waals surface area contributed by atoms with Crippen LogP contribution in [0.25, 0.3) is 0 Å². The molecule has 19 heavy (non-hydrogen) atoms. The molecule has 6 nitrogen and oxygen atoms in total. The van der Waals surface area contributed by atoms with Crippen molar-refractivity contribution in [1.29, 1.82) is 0 Å². The van der Waals surface area contributed by atoms with Gasteiger partial charge in [0.2, 0.25) is 5.16 Å². The molecule has 1 aliphatic rings. The van der Waals surface area contributed by atoms with Gasteiger partial charge in [0.15, 0.2) is 0 Å². The minimum Gasteiger partial charge on any atom is -0.463 e. The molecule has 0 N–H and O–H groups in total. The van der Waals surface area contributed by atoms with Crippen LogP contribution in [0.3, 0.4) is 0 Å². The molecule has 0 saturated heterocycles. The second kappa shape index (κ2) is 6.70. The zero-order chi connectivity index (χ0) is 13.7. The SMILES string of the molecule is C=C(CSc1nnnn1C1CCCC1)C(=O)OCC. The number of carbonyl (C=O) groups is 1. The lowest BCUT2D eigenvalue weighted by Gasteiger charge is -2.10. The summed E-state index contributed by atoms with van der Waals surface area (Å²) in [5, 5.41) is 12.5. The van der Waals surface area contributed by atoms with Gasteiger partial charge in [-0.2, -0.15) is 0 Å². The van der Waals surface area contributed by atoms with Crippen molar-refractivity contribution >= 4 is 17.7 Å². The fourth-order valence-electron chi connectivity index (χ4n) is 2.10. The maximum Gasteiger partial charge on any atom is 0.334 e. The highest BCUT2D eigenvalue weighted by Gasteiger charge is 2.22. The number of ether oxygens (including phenoxy) is 1. The molecule has 0 spiro atoms. The molecular weight excluding hydrogens is 264 g/mol. The highest BCUT2D eigenvalue weighted by molar-refractivity contribution is 7.99. The van der Waals surface area contributed by atoms with Crippen LogP contribution in [0.5, 0.6) is 0 Å². The van der Waals surface area contributed by atoms with Crippen LogP contribution in [0, 0.1) is 0 Å². The first-order chi connectivity index (χ1) is 9.22. The molecule has 2 rings (SSSR count). The molecule has 1 aliphatic carbocycles. The van der Waals surface area contributed by atoms with Gasteiger partial charge in [-0.1, -0.05) is 31.2 Å². The van der Waals surface area contributed by atoms with Gasteiger partial charge in [-0.25, -0.2) is 9.48 Å². The van der Waals surface area contributed by atoms with Crippen LogP contribution in [0.4, 0.5) is 0 Å². The first-order valence-corrected chi connectivity index (χ1v) is 7.46. The summed E-state index contributed by atoms with van der Waals surface area (Å²) in [7, 11) is 0. The molecule has 7 heteroatoms. The lowest BCUT2D eigenvalue weighted by Crippen LogP contribution is -2.11. The summed E-state index contributed by atoms with van der Waals surface area (Å²) in [6.07, 6.45) is 4.70. The molecular formula is C12H18N4O2S. The standard InChI is InChI=1S/C12H18N4O2S/c1-3-18-11(17)9(2)8-19-12-13-14-15-16(12)10-6-4-5-7-10/h10H,2-8H2,1H3. The molecule has 0 bridgehead atoms. The van der Waals surface area contributed by atoms with Crippen LogP contribution in [-0.4, -0.2) is 38.5 Å². The number of tetrazole rings is 1. The zero-order valence-corrected chi connectivity index (χ0v) is 11.9. The lowest BCUT2D eigenvalue weighted by atomic mass is 10.3. The van der Waals surface area contributed by atoms with Crippen molar-refractivity contribution in [2.45, 2.75) is 43.8 Å². The molecule has 0 aliphatic heterocycles. The Morgan fingerprint density at radius 2 is 2.26 bits per heavy atom. The van der Waals surface area contributed by atoms with Crippen molar-refractivity contribution < 1.29 is 9.53 Å². The first kappa shape index (κ1) is 14.0. The number of nitrogens with zero attached hydrogens (tertiary/aromatic N) is 4. The summed E-state index contributed by atoms with van der Waals surface area (Å²) in [6.45, 7) is 5.87. The molecule has 1 aromatic rings. The minimum absolute atomic E-state index is 0.352. The number of aromatic nitrogens is 4. The summed E-state index contributed by atoms with van der Waals surface area (Å²) >= 11 is 1.43. The predicted octanol–water partition coefficient (Wildman–Crippen LogP) is 2.00. The van der Waals surface area contributed by atoms with Gasteiger partial charge in [0.1, 0.15) is 0 Å². The Kier molecular flexibility index (Phi) is 4.95. The van der Waals surface area contributed by atoms with Crippen LogP contribution in [0.2, 0.25) is 0 Å². The van der Waals surface area contributed by atoms with Crippen molar-refractivity contribution in [3.05, 3.63) is 12.2 Å². The van der Waals surface area contributed by atoms with Gasteiger partial charge in [-0.15, -0.1) is 5.10 Å². The molecule has 0 atom stereocenters. The topological polar surface area (TPSA) is 69.9 Å². The lowest BCUT2D eigenvalue weighted by molar-refractivity contribution is -0.138. The number of esters is 1. The third-order valence-electron chi connectivity index (χ3n) is 3.07. The smallest absolute Gasteiger partial charge is 0.334 e. The summed E-state index contributed by atoms with van der Waals surface area (Å²) in [6, 6.07) is 0.397. The van der Waals surface area contributed by atoms with Gasteiger partial charge in [-0.05, 0) is 30.2 Å². The Hall–Kier alpha value is -1.37. The fourth-order valence-corrected chi connectivity index (χ4v) is 2.94. The van der Waals surface area contributed by atoms with E-state index in [1.54, 1.807) is 6.92 Å². The molecule has 0 radical (unpaired) electrons. The Morgan fingerprint density at radius 1 is 1.53 bits per heavy atom. The van der Waals surface area contributed by atoms with Crippen LogP contribution < -0.4 is 0 Å². The number of hydrogen-bond acceptors (Lipinski definition) is 6. The Morgan fingerprint density at radius 3 is 2.95 bits per heavy atom. The van der Waals surface area contributed by atoms with E-state index in [-0.39, 0.29) is 5.97 Å². The highest BCUT2D eigenvalue weighted by Crippen LogP contribution is 2.31. The van der Waals surface area contributed by atoms with Crippen LogP contribution in [-0.2, 0) is 9.53 Å². The van der Waals surface area contributed by atoms with Crippen molar-refractivity contribution in [3.63, 3.8) is 0 Å². The second-order valence-electron chi connectivity index (χ2n) is 4.46. The predicted molar refractivity (Wildman–Crippen MR) is 71.8 cm³/mol. The third-order valence-corrected chi connectivity index (χ3v) is 4.09. The maximum absolute atomic E-state index is 11.5. The van der Waals surface area contributed by atoms with E-state index in [4.69, 9.17) is 4.74 Å². The maximum atomic E-state index is 11.5. The van der Waals surface area contributed by atoms with Gasteiger partial charge in [0, 0.05) is 11.3 Å². The van der Waals surface area contributed by atoms with Crippen molar-refractivity contribution in [3.8, 4) is 0 Å². The third kappa shape index (κ3) is 3.56. The molecule has 0 aromatic carbocycles. The van der Waals surface area contributed by atoms with Crippen LogP contribution in [0.15, 0.2) is 17.3 Å². The van der Waals surface area contributed by atoms with Crippen molar-refractivity contribution in [1.82, 2.24) is 20.2 Å². The van der Waals surface area contributed by atoms with E-state index >= 15 is 0 Å². The van der Waals surface area contributed by atoms with Crippen LogP contribution >= 0.6 is 11.8 Å². The van der Waals surface area contributed by atoms with E-state index in [2.05, 4.69) is 22.1 Å². The Labute approximate surface area is 116 Å². The molecule has 0 amide bonds. The van der Waals surface area contributed by atoms with Gasteiger partial charge in [-0.3, -0.25) is 0 Å². The molecule has 104 valence electrons.